The zero-order chi connectivity index (χ0) is 17.3. The van der Waals surface area contributed by atoms with Gasteiger partial charge in [0.25, 0.3) is 0 Å². The van der Waals surface area contributed by atoms with Crippen molar-refractivity contribution in [2.45, 2.75) is 13.0 Å². The normalized spacial score (nSPS) is 10.8. The molecule has 0 amide bonds. The molecule has 0 saturated heterocycles. The molecule has 0 radical (unpaired) electrons. The molecule has 23 heavy (non-hydrogen) atoms. The molecule has 0 aromatic heterocycles. The molecular formula is C15H14Br2O6. The lowest BCUT2D eigenvalue weighted by Crippen LogP contribution is -2.00. The smallest absolute Gasteiger partial charge is 0.203 e. The third-order valence-corrected chi connectivity index (χ3v) is 5.62. The van der Waals surface area contributed by atoms with E-state index in [0.29, 0.717) is 21.2 Å². The number of ether oxygens (including phenoxy) is 1. The van der Waals surface area contributed by atoms with E-state index in [2.05, 4.69) is 31.9 Å². The maximum Gasteiger partial charge on any atom is 0.203 e. The number of halogens is 2. The molecule has 0 aliphatic rings. The molecule has 0 heterocycles. The minimum Gasteiger partial charge on any atom is -0.504 e. The second-order valence-electron chi connectivity index (χ2n) is 4.78. The van der Waals surface area contributed by atoms with Crippen LogP contribution in [0.25, 0.3) is 0 Å². The number of phenols is 4. The van der Waals surface area contributed by atoms with Crippen molar-refractivity contribution in [1.29, 1.82) is 0 Å². The van der Waals surface area contributed by atoms with Crippen molar-refractivity contribution < 1.29 is 30.3 Å². The SMILES string of the molecule is COc1c(O)cc(CO)c(Cc2cc(O)c(O)c(Br)c2Br)c1O. The fourth-order valence-corrected chi connectivity index (χ4v) is 3.14. The van der Waals surface area contributed by atoms with E-state index < -0.39 is 6.61 Å². The molecule has 0 aliphatic carbocycles. The molecule has 0 fully saturated rings. The van der Waals surface area contributed by atoms with Gasteiger partial charge < -0.3 is 30.3 Å². The zero-order valence-corrected chi connectivity index (χ0v) is 15.1. The Morgan fingerprint density at radius 3 is 2.09 bits per heavy atom. The summed E-state index contributed by atoms with van der Waals surface area (Å²) in [6.45, 7) is -0.400. The van der Waals surface area contributed by atoms with Crippen molar-refractivity contribution in [1.82, 2.24) is 0 Å². The summed E-state index contributed by atoms with van der Waals surface area (Å²) in [5.41, 5.74) is 1.20. The van der Waals surface area contributed by atoms with Crippen molar-refractivity contribution in [3.05, 3.63) is 37.8 Å². The second-order valence-corrected chi connectivity index (χ2v) is 6.37. The van der Waals surface area contributed by atoms with E-state index in [9.17, 15) is 25.5 Å². The summed E-state index contributed by atoms with van der Waals surface area (Å²) < 4.78 is 5.71. The van der Waals surface area contributed by atoms with Crippen LogP contribution in [0.2, 0.25) is 0 Å². The standard InChI is InChI=1S/C15H14Br2O6/c1-23-15-10(20)4-7(5-18)8(13(15)21)2-6-3-9(19)14(22)12(17)11(6)16/h3-4,18-22H,2,5H2,1H3. The number of hydrogen-bond acceptors (Lipinski definition) is 6. The lowest BCUT2D eigenvalue weighted by Gasteiger charge is -2.16. The Bertz CT molecular complexity index is 761. The van der Waals surface area contributed by atoms with Gasteiger partial charge in [0.05, 0.1) is 18.2 Å². The number of rotatable bonds is 4. The lowest BCUT2D eigenvalue weighted by molar-refractivity contribution is 0.277. The first kappa shape index (κ1) is 17.7. The zero-order valence-electron chi connectivity index (χ0n) is 12.0. The van der Waals surface area contributed by atoms with Crippen molar-refractivity contribution in [3.63, 3.8) is 0 Å². The van der Waals surface area contributed by atoms with Gasteiger partial charge in [0.1, 0.15) is 0 Å². The highest BCUT2D eigenvalue weighted by Crippen LogP contribution is 2.45. The van der Waals surface area contributed by atoms with E-state index in [-0.39, 0.29) is 39.6 Å². The summed E-state index contributed by atoms with van der Waals surface area (Å²) in [6.07, 6.45) is 0.116. The van der Waals surface area contributed by atoms with Gasteiger partial charge in [-0.2, -0.15) is 0 Å². The Balaban J connectivity index is 2.61. The number of methoxy groups -OCH3 is 1. The van der Waals surface area contributed by atoms with Gasteiger partial charge in [-0.25, -0.2) is 0 Å². The topological polar surface area (TPSA) is 110 Å². The highest BCUT2D eigenvalue weighted by molar-refractivity contribution is 9.13. The summed E-state index contributed by atoms with van der Waals surface area (Å²) in [5, 5.41) is 49.0. The average molecular weight is 450 g/mol. The number of aliphatic hydroxyl groups excluding tert-OH is 1. The average Bonchev–Trinajstić information content (AvgIpc) is 2.52. The first-order chi connectivity index (χ1) is 10.8. The molecule has 0 unspecified atom stereocenters. The Hall–Kier alpha value is -1.64. The van der Waals surface area contributed by atoms with Crippen LogP contribution in [0.4, 0.5) is 0 Å². The first-order valence-corrected chi connectivity index (χ1v) is 8.00. The molecule has 0 bridgehead atoms. The summed E-state index contributed by atoms with van der Waals surface area (Å²) in [4.78, 5) is 0. The summed E-state index contributed by atoms with van der Waals surface area (Å²) in [5.74, 6) is -1.32. The van der Waals surface area contributed by atoms with Crippen molar-refractivity contribution >= 4 is 31.9 Å². The van der Waals surface area contributed by atoms with Gasteiger partial charge in [0.15, 0.2) is 23.0 Å². The number of aliphatic hydroxyl groups is 1. The van der Waals surface area contributed by atoms with Crippen LogP contribution in [0.15, 0.2) is 21.1 Å². The second kappa shape index (κ2) is 6.86. The predicted octanol–water partition coefficient (Wildman–Crippen LogP) is 3.13. The maximum atomic E-state index is 10.3. The van der Waals surface area contributed by atoms with Crippen LogP contribution in [0, 0.1) is 0 Å². The van der Waals surface area contributed by atoms with Crippen LogP contribution < -0.4 is 4.74 Å². The third-order valence-electron chi connectivity index (χ3n) is 3.41. The van der Waals surface area contributed by atoms with Crippen LogP contribution in [0.1, 0.15) is 16.7 Å². The van der Waals surface area contributed by atoms with E-state index in [1.165, 1.54) is 19.2 Å². The maximum absolute atomic E-state index is 10.3. The molecule has 8 heteroatoms. The van der Waals surface area contributed by atoms with E-state index in [1.807, 2.05) is 0 Å². The fourth-order valence-electron chi connectivity index (χ4n) is 2.24. The van der Waals surface area contributed by atoms with E-state index in [1.54, 1.807) is 0 Å². The van der Waals surface area contributed by atoms with Crippen LogP contribution in [-0.2, 0) is 13.0 Å². The van der Waals surface area contributed by atoms with Crippen molar-refractivity contribution in [2.75, 3.05) is 7.11 Å². The number of phenolic OH excluding ortho intramolecular Hbond substituents is 4. The van der Waals surface area contributed by atoms with Crippen molar-refractivity contribution in [3.8, 4) is 28.7 Å². The third kappa shape index (κ3) is 3.19. The number of benzene rings is 2. The van der Waals surface area contributed by atoms with Crippen LogP contribution in [0.5, 0.6) is 28.7 Å². The van der Waals surface area contributed by atoms with Gasteiger partial charge >= 0.3 is 0 Å². The molecule has 0 atom stereocenters. The predicted molar refractivity (Wildman–Crippen MR) is 90.2 cm³/mol. The highest BCUT2D eigenvalue weighted by atomic mass is 79.9. The molecule has 2 aromatic carbocycles. The van der Waals surface area contributed by atoms with Gasteiger partial charge in [-0.15, -0.1) is 0 Å². The molecule has 0 saturated carbocycles. The van der Waals surface area contributed by atoms with Gasteiger partial charge in [-0.3, -0.25) is 0 Å². The fraction of sp³-hybridized carbons (Fsp3) is 0.200. The largest absolute Gasteiger partial charge is 0.504 e. The number of aromatic hydroxyl groups is 4. The molecule has 0 aliphatic heterocycles. The minimum absolute atomic E-state index is 0.101. The minimum atomic E-state index is -0.400. The Labute approximate surface area is 148 Å². The molecule has 5 N–H and O–H groups in total. The molecule has 6 nitrogen and oxygen atoms in total. The number of hydrogen-bond donors (Lipinski definition) is 5. The molecule has 0 spiro atoms. The van der Waals surface area contributed by atoms with Gasteiger partial charge in [0, 0.05) is 16.5 Å². The summed E-state index contributed by atoms with van der Waals surface area (Å²) >= 11 is 6.46. The van der Waals surface area contributed by atoms with Crippen LogP contribution in [-0.4, -0.2) is 32.6 Å². The Morgan fingerprint density at radius 1 is 0.913 bits per heavy atom. The van der Waals surface area contributed by atoms with E-state index in [0.717, 1.165) is 0 Å². The summed E-state index contributed by atoms with van der Waals surface area (Å²) in [6, 6.07) is 2.64. The molecule has 2 aromatic rings. The van der Waals surface area contributed by atoms with Gasteiger partial charge in [-0.05, 0) is 55.1 Å². The van der Waals surface area contributed by atoms with Crippen LogP contribution >= 0.6 is 31.9 Å². The monoisotopic (exact) mass is 448 g/mol. The lowest BCUT2D eigenvalue weighted by atomic mass is 9.97. The van der Waals surface area contributed by atoms with E-state index in [4.69, 9.17) is 4.74 Å². The Morgan fingerprint density at radius 2 is 1.52 bits per heavy atom. The Kier molecular flexibility index (Phi) is 5.28. The van der Waals surface area contributed by atoms with Gasteiger partial charge in [0.2, 0.25) is 5.75 Å². The van der Waals surface area contributed by atoms with Crippen molar-refractivity contribution in [2.24, 2.45) is 0 Å². The first-order valence-electron chi connectivity index (χ1n) is 6.42. The molecular weight excluding hydrogens is 436 g/mol. The van der Waals surface area contributed by atoms with Crippen LogP contribution in [0.3, 0.4) is 0 Å². The van der Waals surface area contributed by atoms with E-state index >= 15 is 0 Å². The molecule has 2 rings (SSSR count). The van der Waals surface area contributed by atoms with Gasteiger partial charge in [-0.1, -0.05) is 0 Å². The molecule has 124 valence electrons. The summed E-state index contributed by atoms with van der Waals surface area (Å²) in [7, 11) is 1.30. The highest BCUT2D eigenvalue weighted by Gasteiger charge is 2.21. The quantitative estimate of drug-likeness (QED) is 0.458.